The molecule has 5 heteroatoms. The molecule has 0 saturated carbocycles. The summed E-state index contributed by atoms with van der Waals surface area (Å²) in [6, 6.07) is 2.42. The number of hydrogen-bond donors (Lipinski definition) is 1. The largest absolute Gasteiger partial charge is 0.398 e. The van der Waals surface area contributed by atoms with Crippen LogP contribution in [0.1, 0.15) is 34.8 Å². The zero-order chi connectivity index (χ0) is 14.0. The summed E-state index contributed by atoms with van der Waals surface area (Å²) in [4.78, 5) is 18.6. The molecule has 1 atom stereocenters. The number of hydrogen-bond acceptors (Lipinski definition) is 4. The molecule has 0 bridgehead atoms. The topological polar surface area (TPSA) is 49.6 Å². The Balaban J connectivity index is 1.96. The van der Waals surface area contributed by atoms with Crippen LogP contribution >= 0.6 is 11.3 Å². The fourth-order valence-corrected chi connectivity index (χ4v) is 3.29. The van der Waals surface area contributed by atoms with Gasteiger partial charge in [0, 0.05) is 42.8 Å². The van der Waals surface area contributed by atoms with Crippen molar-refractivity contribution in [3.63, 3.8) is 0 Å². The summed E-state index contributed by atoms with van der Waals surface area (Å²) in [6.07, 6.45) is 1.16. The lowest BCUT2D eigenvalue weighted by atomic mass is 10.2. The lowest BCUT2D eigenvalue weighted by Gasteiger charge is -2.37. The van der Waals surface area contributed by atoms with E-state index in [0.29, 0.717) is 6.04 Å². The maximum absolute atomic E-state index is 12.4. The van der Waals surface area contributed by atoms with Crippen molar-refractivity contribution < 1.29 is 4.79 Å². The summed E-state index contributed by atoms with van der Waals surface area (Å²) in [5.74, 6) is 0.133. The summed E-state index contributed by atoms with van der Waals surface area (Å²) < 4.78 is 0. The van der Waals surface area contributed by atoms with E-state index in [0.717, 1.165) is 48.0 Å². The van der Waals surface area contributed by atoms with Gasteiger partial charge in [-0.3, -0.25) is 9.69 Å². The molecule has 2 N–H and O–H groups in total. The number of amides is 1. The molecule has 2 rings (SSSR count). The number of rotatable bonds is 3. The summed E-state index contributed by atoms with van der Waals surface area (Å²) in [6.45, 7) is 10.00. The molecule has 1 aromatic heterocycles. The molecule has 1 unspecified atom stereocenters. The Bertz CT molecular complexity index is 430. The average Bonchev–Trinajstić information content (AvgIpc) is 2.77. The van der Waals surface area contributed by atoms with E-state index in [9.17, 15) is 4.79 Å². The Hall–Kier alpha value is -1.07. The van der Waals surface area contributed by atoms with Crippen LogP contribution in [-0.2, 0) is 0 Å². The third-order valence-electron chi connectivity index (χ3n) is 3.98. The van der Waals surface area contributed by atoms with Gasteiger partial charge in [0.25, 0.3) is 5.91 Å². The first-order valence-corrected chi connectivity index (χ1v) is 7.73. The number of carbonyl (C=O) groups is 1. The summed E-state index contributed by atoms with van der Waals surface area (Å²) in [5.41, 5.74) is 6.55. The second-order valence-electron chi connectivity index (χ2n) is 5.21. The third-order valence-corrected chi connectivity index (χ3v) is 5.04. The number of nitrogens with zero attached hydrogens (tertiary/aromatic N) is 2. The molecular weight excluding hydrogens is 258 g/mol. The van der Waals surface area contributed by atoms with Gasteiger partial charge in [0.1, 0.15) is 0 Å². The first-order chi connectivity index (χ1) is 9.02. The van der Waals surface area contributed by atoms with Crippen LogP contribution in [0.3, 0.4) is 0 Å². The standard InChI is InChI=1S/C14H23N3OS/c1-4-10(2)16-5-7-17(8-6-16)14(18)13-9-12(15)11(3)19-13/h9-10H,4-8,15H2,1-3H3. The Morgan fingerprint density at radius 2 is 2.05 bits per heavy atom. The van der Waals surface area contributed by atoms with Gasteiger partial charge in [-0.2, -0.15) is 0 Å². The zero-order valence-corrected chi connectivity index (χ0v) is 12.8. The quantitative estimate of drug-likeness (QED) is 0.924. The molecule has 19 heavy (non-hydrogen) atoms. The minimum absolute atomic E-state index is 0.133. The van der Waals surface area contributed by atoms with Crippen LogP contribution in [0, 0.1) is 6.92 Å². The lowest BCUT2D eigenvalue weighted by Crippen LogP contribution is -2.51. The van der Waals surface area contributed by atoms with E-state index in [2.05, 4.69) is 18.7 Å². The predicted octanol–water partition coefficient (Wildman–Crippen LogP) is 2.20. The first kappa shape index (κ1) is 14.3. The highest BCUT2D eigenvalue weighted by atomic mass is 32.1. The van der Waals surface area contributed by atoms with Crippen molar-refractivity contribution in [3.05, 3.63) is 15.8 Å². The van der Waals surface area contributed by atoms with E-state index < -0.39 is 0 Å². The van der Waals surface area contributed by atoms with E-state index in [-0.39, 0.29) is 5.91 Å². The molecule has 1 fully saturated rings. The molecule has 1 amide bonds. The average molecular weight is 281 g/mol. The SMILES string of the molecule is CCC(C)N1CCN(C(=O)c2cc(N)c(C)s2)CC1. The van der Waals surface area contributed by atoms with E-state index >= 15 is 0 Å². The van der Waals surface area contributed by atoms with E-state index in [4.69, 9.17) is 5.73 Å². The molecule has 4 nitrogen and oxygen atoms in total. The molecule has 1 aromatic rings. The molecule has 1 saturated heterocycles. The van der Waals surface area contributed by atoms with Gasteiger partial charge in [0.2, 0.25) is 0 Å². The number of nitrogens with two attached hydrogens (primary N) is 1. The van der Waals surface area contributed by atoms with Gasteiger partial charge < -0.3 is 10.6 Å². The van der Waals surface area contributed by atoms with Crippen LogP contribution in [0.15, 0.2) is 6.07 Å². The maximum Gasteiger partial charge on any atom is 0.264 e. The maximum atomic E-state index is 12.4. The molecule has 0 radical (unpaired) electrons. The minimum atomic E-state index is 0.133. The molecular formula is C14H23N3OS. The summed E-state index contributed by atoms with van der Waals surface area (Å²) >= 11 is 1.50. The Kier molecular flexibility index (Phi) is 4.47. The highest BCUT2D eigenvalue weighted by Gasteiger charge is 2.25. The van der Waals surface area contributed by atoms with Crippen LogP contribution in [-0.4, -0.2) is 47.9 Å². The van der Waals surface area contributed by atoms with Crippen LogP contribution in [0.25, 0.3) is 0 Å². The van der Waals surface area contributed by atoms with Crippen molar-refractivity contribution in [1.82, 2.24) is 9.80 Å². The smallest absolute Gasteiger partial charge is 0.264 e. The van der Waals surface area contributed by atoms with Gasteiger partial charge in [-0.15, -0.1) is 11.3 Å². The van der Waals surface area contributed by atoms with Crippen LogP contribution < -0.4 is 5.73 Å². The second-order valence-corrected chi connectivity index (χ2v) is 6.46. The Morgan fingerprint density at radius 1 is 1.42 bits per heavy atom. The monoisotopic (exact) mass is 281 g/mol. The third kappa shape index (κ3) is 3.09. The van der Waals surface area contributed by atoms with E-state index in [1.807, 2.05) is 17.9 Å². The Labute approximate surface area is 119 Å². The van der Waals surface area contributed by atoms with E-state index in [1.54, 1.807) is 0 Å². The van der Waals surface area contributed by atoms with Crippen molar-refractivity contribution in [2.75, 3.05) is 31.9 Å². The van der Waals surface area contributed by atoms with Gasteiger partial charge in [-0.05, 0) is 26.3 Å². The van der Waals surface area contributed by atoms with Gasteiger partial charge in [0.05, 0.1) is 4.88 Å². The van der Waals surface area contributed by atoms with E-state index in [1.165, 1.54) is 11.3 Å². The second kappa shape index (κ2) is 5.92. The van der Waals surface area contributed by atoms with Crippen LogP contribution in [0.2, 0.25) is 0 Å². The zero-order valence-electron chi connectivity index (χ0n) is 12.0. The van der Waals surface area contributed by atoms with Crippen LogP contribution in [0.5, 0.6) is 0 Å². The van der Waals surface area contributed by atoms with Gasteiger partial charge >= 0.3 is 0 Å². The van der Waals surface area contributed by atoms with Gasteiger partial charge in [-0.25, -0.2) is 0 Å². The Morgan fingerprint density at radius 3 is 2.53 bits per heavy atom. The van der Waals surface area contributed by atoms with Gasteiger partial charge in [-0.1, -0.05) is 6.92 Å². The molecule has 0 aliphatic carbocycles. The highest BCUT2D eigenvalue weighted by molar-refractivity contribution is 7.14. The van der Waals surface area contributed by atoms with Crippen molar-refractivity contribution in [2.24, 2.45) is 0 Å². The van der Waals surface area contributed by atoms with Crippen molar-refractivity contribution >= 4 is 22.9 Å². The number of piperazine rings is 1. The first-order valence-electron chi connectivity index (χ1n) is 6.92. The van der Waals surface area contributed by atoms with Crippen molar-refractivity contribution in [3.8, 4) is 0 Å². The van der Waals surface area contributed by atoms with Crippen molar-refractivity contribution in [1.29, 1.82) is 0 Å². The molecule has 1 aliphatic rings. The number of thiophene rings is 1. The number of nitrogen functional groups attached to an aromatic ring is 1. The molecule has 0 spiro atoms. The van der Waals surface area contributed by atoms with Crippen LogP contribution in [0.4, 0.5) is 5.69 Å². The predicted molar refractivity (Wildman–Crippen MR) is 80.7 cm³/mol. The lowest BCUT2D eigenvalue weighted by molar-refractivity contribution is 0.0584. The minimum Gasteiger partial charge on any atom is -0.398 e. The fraction of sp³-hybridized carbons (Fsp3) is 0.643. The molecule has 2 heterocycles. The summed E-state index contributed by atoms with van der Waals surface area (Å²) in [7, 11) is 0. The van der Waals surface area contributed by atoms with Gasteiger partial charge in [0.15, 0.2) is 0 Å². The molecule has 0 aromatic carbocycles. The number of aryl methyl sites for hydroxylation is 1. The van der Waals surface area contributed by atoms with Crippen molar-refractivity contribution in [2.45, 2.75) is 33.2 Å². The highest BCUT2D eigenvalue weighted by Crippen LogP contribution is 2.25. The normalized spacial score (nSPS) is 18.6. The summed E-state index contributed by atoms with van der Waals surface area (Å²) in [5, 5.41) is 0. The number of carbonyl (C=O) groups excluding carboxylic acids is 1. The molecule has 106 valence electrons. The molecule has 1 aliphatic heterocycles. The number of anilines is 1. The fourth-order valence-electron chi connectivity index (χ4n) is 2.38.